The summed E-state index contributed by atoms with van der Waals surface area (Å²) < 4.78 is 50.9. The highest BCUT2D eigenvalue weighted by Crippen LogP contribution is 2.44. The van der Waals surface area contributed by atoms with Crippen LogP contribution in [0.4, 0.5) is 31.9 Å². The molecule has 2 amide bonds. The van der Waals surface area contributed by atoms with Gasteiger partial charge in [-0.1, -0.05) is 0 Å². The van der Waals surface area contributed by atoms with Crippen molar-refractivity contribution in [3.8, 4) is 5.75 Å². The maximum Gasteiger partial charge on any atom is 0.412 e. The fraction of sp³-hybridized carbons (Fsp3) is 0.364. The molecule has 0 aromatic heterocycles. The lowest BCUT2D eigenvalue weighted by Gasteiger charge is -2.39. The molecule has 0 saturated heterocycles. The molecule has 33 heavy (non-hydrogen) atoms. The van der Waals surface area contributed by atoms with E-state index in [-0.39, 0.29) is 22.8 Å². The molecule has 0 radical (unpaired) electrons. The van der Waals surface area contributed by atoms with E-state index in [1.807, 2.05) is 0 Å². The molecule has 11 heteroatoms. The number of nitrogens with zero attached hydrogens (tertiary/aromatic N) is 1. The molecule has 0 saturated carbocycles. The van der Waals surface area contributed by atoms with Crippen molar-refractivity contribution in [1.29, 1.82) is 0 Å². The van der Waals surface area contributed by atoms with E-state index in [0.717, 1.165) is 12.3 Å². The molecule has 2 aromatic rings. The Kier molecular flexibility index (Phi) is 6.05. The lowest BCUT2D eigenvalue weighted by Crippen LogP contribution is -2.50. The van der Waals surface area contributed by atoms with Crippen molar-refractivity contribution in [3.05, 3.63) is 42.2 Å². The van der Waals surface area contributed by atoms with Crippen LogP contribution in [0.3, 0.4) is 0 Å². The average Bonchev–Trinajstić information content (AvgIpc) is 2.62. The Hall–Kier alpha value is -3.34. The predicted molar refractivity (Wildman–Crippen MR) is 123 cm³/mol. The van der Waals surface area contributed by atoms with Crippen molar-refractivity contribution in [3.63, 3.8) is 0 Å². The molecule has 3 rings (SSSR count). The van der Waals surface area contributed by atoms with Crippen LogP contribution in [-0.4, -0.2) is 37.9 Å². The Morgan fingerprint density at radius 1 is 1.15 bits per heavy atom. The minimum atomic E-state index is -3.52. The maximum atomic E-state index is 14.4. The number of ether oxygens (including phenoxy) is 2. The lowest BCUT2D eigenvalue weighted by atomic mass is 10.0. The number of carbonyl (C=O) groups excluding carboxylic acids is 2. The Labute approximate surface area is 191 Å². The van der Waals surface area contributed by atoms with Crippen LogP contribution >= 0.6 is 0 Å². The molecule has 178 valence electrons. The number of anilines is 4. The molecule has 1 heterocycles. The molecule has 9 nitrogen and oxygen atoms in total. The number of hydrogen-bond acceptors (Lipinski definition) is 6. The number of rotatable bonds is 4. The van der Waals surface area contributed by atoms with Crippen molar-refractivity contribution < 1.29 is 31.9 Å². The van der Waals surface area contributed by atoms with E-state index in [2.05, 4.69) is 10.0 Å². The molecule has 2 aromatic carbocycles. The number of fused-ring (bicyclic) bond motifs is 1. The zero-order chi connectivity index (χ0) is 24.8. The molecule has 0 atom stereocenters. The smallest absolute Gasteiger partial charge is 0.412 e. The zero-order valence-corrected chi connectivity index (χ0v) is 20.0. The van der Waals surface area contributed by atoms with Crippen LogP contribution in [0.1, 0.15) is 34.6 Å². The number of sulfonamides is 1. The van der Waals surface area contributed by atoms with Crippen LogP contribution in [0, 0.1) is 5.82 Å². The summed E-state index contributed by atoms with van der Waals surface area (Å²) in [6.45, 7) is 8.16. The lowest BCUT2D eigenvalue weighted by molar-refractivity contribution is -0.131. The molecular formula is C22H26FN3O6S. The second kappa shape index (κ2) is 8.22. The van der Waals surface area contributed by atoms with Gasteiger partial charge >= 0.3 is 6.09 Å². The first-order valence-corrected chi connectivity index (χ1v) is 11.9. The Bertz CT molecular complexity index is 1220. The first kappa shape index (κ1) is 24.3. The van der Waals surface area contributed by atoms with Gasteiger partial charge in [0.25, 0.3) is 5.91 Å². The quantitative estimate of drug-likeness (QED) is 0.673. The van der Waals surface area contributed by atoms with Gasteiger partial charge in [-0.05, 0) is 65.0 Å². The van der Waals surface area contributed by atoms with Gasteiger partial charge in [-0.25, -0.2) is 17.6 Å². The predicted octanol–water partition coefficient (Wildman–Crippen LogP) is 4.38. The van der Waals surface area contributed by atoms with Crippen molar-refractivity contribution in [2.24, 2.45) is 0 Å². The summed E-state index contributed by atoms with van der Waals surface area (Å²) in [6.07, 6.45) is 0.175. The molecule has 1 aliphatic heterocycles. The van der Waals surface area contributed by atoms with Gasteiger partial charge in [0.1, 0.15) is 17.2 Å². The van der Waals surface area contributed by atoms with Crippen molar-refractivity contribution in [1.82, 2.24) is 0 Å². The second-order valence-corrected chi connectivity index (χ2v) is 10.8. The average molecular weight is 480 g/mol. The summed E-state index contributed by atoms with van der Waals surface area (Å²) in [7, 11) is -3.52. The van der Waals surface area contributed by atoms with Crippen LogP contribution in [0.5, 0.6) is 5.75 Å². The SMILES string of the molecule is CC(C)(C)OC(=O)Nc1cc(N2C(=O)C(C)(C)Oc3cc(NS(C)(=O)=O)ccc32)ccc1F. The van der Waals surface area contributed by atoms with E-state index < -0.39 is 39.0 Å². The van der Waals surface area contributed by atoms with Crippen LogP contribution in [0.2, 0.25) is 0 Å². The fourth-order valence-corrected chi connectivity index (χ4v) is 3.73. The van der Waals surface area contributed by atoms with Crippen LogP contribution in [-0.2, 0) is 19.6 Å². The first-order chi connectivity index (χ1) is 15.1. The number of nitrogens with one attached hydrogen (secondary N) is 2. The van der Waals surface area contributed by atoms with Gasteiger partial charge in [0.05, 0.1) is 29.0 Å². The van der Waals surface area contributed by atoms with Gasteiger partial charge in [0, 0.05) is 6.07 Å². The first-order valence-electron chi connectivity index (χ1n) is 10.0. The molecule has 0 aliphatic carbocycles. The standard InChI is InChI=1S/C22H26FN3O6S/c1-21(2,3)32-20(28)24-16-12-14(8-9-15(16)23)26-17-10-7-13(25-33(6,29)30)11-18(17)31-22(4,5)19(26)27/h7-12,25H,1-6H3,(H,24,28). The Morgan fingerprint density at radius 2 is 1.82 bits per heavy atom. The monoisotopic (exact) mass is 479 g/mol. The highest BCUT2D eigenvalue weighted by Gasteiger charge is 2.42. The van der Waals surface area contributed by atoms with E-state index in [4.69, 9.17) is 9.47 Å². The maximum absolute atomic E-state index is 14.4. The van der Waals surface area contributed by atoms with E-state index in [1.54, 1.807) is 34.6 Å². The zero-order valence-electron chi connectivity index (χ0n) is 19.1. The normalized spacial score (nSPS) is 15.4. The van der Waals surface area contributed by atoms with Gasteiger partial charge in [-0.15, -0.1) is 0 Å². The summed E-state index contributed by atoms with van der Waals surface area (Å²) in [4.78, 5) is 26.7. The summed E-state index contributed by atoms with van der Waals surface area (Å²) in [5, 5.41) is 2.36. The Balaban J connectivity index is 2.03. The van der Waals surface area contributed by atoms with Gasteiger partial charge in [0.2, 0.25) is 10.0 Å². The van der Waals surface area contributed by atoms with E-state index in [1.165, 1.54) is 35.2 Å². The van der Waals surface area contributed by atoms with Crippen LogP contribution < -0.4 is 19.7 Å². The van der Waals surface area contributed by atoms with Gasteiger partial charge < -0.3 is 9.47 Å². The molecule has 0 fully saturated rings. The molecule has 0 unspecified atom stereocenters. The highest BCUT2D eigenvalue weighted by molar-refractivity contribution is 7.92. The highest BCUT2D eigenvalue weighted by atomic mass is 32.2. The van der Waals surface area contributed by atoms with Crippen molar-refractivity contribution in [2.45, 2.75) is 45.8 Å². The summed E-state index contributed by atoms with van der Waals surface area (Å²) in [5.41, 5.74) is -1.39. The molecule has 2 N–H and O–H groups in total. The van der Waals surface area contributed by atoms with E-state index in [0.29, 0.717) is 5.69 Å². The summed E-state index contributed by atoms with van der Waals surface area (Å²) in [6, 6.07) is 8.27. The van der Waals surface area contributed by atoms with E-state index >= 15 is 0 Å². The third-order valence-corrected chi connectivity index (χ3v) is 5.04. The summed E-state index contributed by atoms with van der Waals surface area (Å²) >= 11 is 0. The van der Waals surface area contributed by atoms with Gasteiger partial charge in [0.15, 0.2) is 5.60 Å². The molecule has 0 bridgehead atoms. The van der Waals surface area contributed by atoms with Gasteiger partial charge in [-0.3, -0.25) is 19.7 Å². The minimum Gasteiger partial charge on any atom is -0.476 e. The Morgan fingerprint density at radius 3 is 2.42 bits per heavy atom. The summed E-state index contributed by atoms with van der Waals surface area (Å²) in [5.74, 6) is -0.898. The van der Waals surface area contributed by atoms with E-state index in [9.17, 15) is 22.4 Å². The third-order valence-electron chi connectivity index (χ3n) is 4.43. The molecule has 0 spiro atoms. The van der Waals surface area contributed by atoms with Gasteiger partial charge in [-0.2, -0.15) is 0 Å². The van der Waals surface area contributed by atoms with Crippen molar-refractivity contribution >= 4 is 44.8 Å². The molecule has 1 aliphatic rings. The number of hydrogen-bond donors (Lipinski definition) is 2. The minimum absolute atomic E-state index is 0.171. The topological polar surface area (TPSA) is 114 Å². The largest absolute Gasteiger partial charge is 0.476 e. The number of carbonyl (C=O) groups is 2. The number of halogens is 1. The van der Waals surface area contributed by atoms with Crippen LogP contribution in [0.25, 0.3) is 0 Å². The third kappa shape index (κ3) is 5.72. The van der Waals surface area contributed by atoms with Crippen LogP contribution in [0.15, 0.2) is 36.4 Å². The molecular weight excluding hydrogens is 453 g/mol. The second-order valence-electron chi connectivity index (χ2n) is 9.10. The number of amides is 2. The number of benzene rings is 2. The van der Waals surface area contributed by atoms with Crippen molar-refractivity contribution in [2.75, 3.05) is 21.2 Å². The fourth-order valence-electron chi connectivity index (χ4n) is 3.17.